The van der Waals surface area contributed by atoms with Crippen molar-refractivity contribution in [1.82, 2.24) is 15.2 Å². The molecule has 2 aromatic rings. The Morgan fingerprint density at radius 2 is 2.31 bits per heavy atom. The first-order chi connectivity index (χ1) is 6.18. The zero-order chi connectivity index (χ0) is 9.42. The summed E-state index contributed by atoms with van der Waals surface area (Å²) < 4.78 is 0. The molecule has 0 spiro atoms. The van der Waals surface area contributed by atoms with E-state index < -0.39 is 0 Å². The summed E-state index contributed by atoms with van der Waals surface area (Å²) in [4.78, 5) is 15.2. The molecule has 0 fully saturated rings. The number of nitrogens with one attached hydrogen (secondary N) is 1. The number of Topliss-reactive ketones (excluding diaryl/α,β-unsaturated/α-hetero) is 1. The van der Waals surface area contributed by atoms with Crippen LogP contribution in [0.4, 0.5) is 0 Å². The third-order valence-electron chi connectivity index (χ3n) is 1.89. The average Bonchev–Trinajstić information content (AvgIpc) is 2.46. The van der Waals surface area contributed by atoms with Gasteiger partial charge in [0.25, 0.3) is 0 Å². The van der Waals surface area contributed by atoms with Gasteiger partial charge in [-0.2, -0.15) is 5.10 Å². The highest BCUT2D eigenvalue weighted by Gasteiger charge is 2.09. The number of hydrogen-bond donors (Lipinski definition) is 1. The molecule has 0 saturated carbocycles. The van der Waals surface area contributed by atoms with Crippen molar-refractivity contribution in [2.45, 2.75) is 13.8 Å². The van der Waals surface area contributed by atoms with Crippen LogP contribution in [0.2, 0.25) is 0 Å². The fraction of sp³-hybridized carbons (Fsp3) is 0.222. The van der Waals surface area contributed by atoms with Crippen molar-refractivity contribution in [1.29, 1.82) is 0 Å². The molecule has 13 heavy (non-hydrogen) atoms. The van der Waals surface area contributed by atoms with Crippen LogP contribution in [0.5, 0.6) is 0 Å². The molecule has 2 aromatic heterocycles. The number of H-pyrrole nitrogens is 1. The summed E-state index contributed by atoms with van der Waals surface area (Å²) in [6.45, 7) is 3.43. The van der Waals surface area contributed by atoms with Crippen LogP contribution in [-0.4, -0.2) is 21.0 Å². The maximum atomic E-state index is 11.1. The third kappa shape index (κ3) is 1.20. The van der Waals surface area contributed by atoms with Crippen LogP contribution >= 0.6 is 0 Å². The Bertz CT molecular complexity index is 473. The SMILES string of the molecule is CC(=O)c1n[nH]c2ncc(C)cc12. The van der Waals surface area contributed by atoms with Crippen LogP contribution in [0.3, 0.4) is 0 Å². The van der Waals surface area contributed by atoms with Crippen LogP contribution in [0.15, 0.2) is 12.3 Å². The Morgan fingerprint density at radius 1 is 1.54 bits per heavy atom. The number of hydrogen-bond acceptors (Lipinski definition) is 3. The first-order valence-electron chi connectivity index (χ1n) is 4.00. The molecular formula is C9H9N3O. The summed E-state index contributed by atoms with van der Waals surface area (Å²) in [6, 6.07) is 1.91. The number of rotatable bonds is 1. The molecule has 2 heterocycles. The van der Waals surface area contributed by atoms with E-state index in [9.17, 15) is 4.79 Å². The van der Waals surface area contributed by atoms with E-state index in [1.807, 2.05) is 13.0 Å². The number of aromatic amines is 1. The van der Waals surface area contributed by atoms with Gasteiger partial charge in [-0.25, -0.2) is 4.98 Å². The number of aryl methyl sites for hydroxylation is 1. The molecule has 0 aliphatic heterocycles. The lowest BCUT2D eigenvalue weighted by Gasteiger charge is -1.92. The summed E-state index contributed by atoms with van der Waals surface area (Å²) in [5, 5.41) is 7.41. The van der Waals surface area contributed by atoms with E-state index in [4.69, 9.17) is 0 Å². The van der Waals surface area contributed by atoms with Crippen LogP contribution in [0.1, 0.15) is 23.0 Å². The Kier molecular flexibility index (Phi) is 1.62. The summed E-state index contributed by atoms with van der Waals surface area (Å²) in [7, 11) is 0. The maximum absolute atomic E-state index is 11.1. The van der Waals surface area contributed by atoms with E-state index in [0.29, 0.717) is 11.3 Å². The molecular weight excluding hydrogens is 166 g/mol. The smallest absolute Gasteiger partial charge is 0.180 e. The van der Waals surface area contributed by atoms with Gasteiger partial charge in [-0.3, -0.25) is 9.89 Å². The second kappa shape index (κ2) is 2.65. The summed E-state index contributed by atoms with van der Waals surface area (Å²) in [5.41, 5.74) is 2.15. The zero-order valence-electron chi connectivity index (χ0n) is 7.46. The molecule has 0 aromatic carbocycles. The van der Waals surface area contributed by atoms with Crippen molar-refractivity contribution in [3.8, 4) is 0 Å². The Labute approximate surface area is 75.0 Å². The molecule has 4 nitrogen and oxygen atoms in total. The predicted molar refractivity (Wildman–Crippen MR) is 48.6 cm³/mol. The van der Waals surface area contributed by atoms with Crippen LogP contribution in [0, 0.1) is 6.92 Å². The molecule has 0 aliphatic carbocycles. The minimum atomic E-state index is -0.0429. The van der Waals surface area contributed by atoms with E-state index in [0.717, 1.165) is 10.9 Å². The van der Waals surface area contributed by atoms with E-state index in [-0.39, 0.29) is 5.78 Å². The second-order valence-electron chi connectivity index (χ2n) is 3.04. The second-order valence-corrected chi connectivity index (χ2v) is 3.04. The molecule has 4 heteroatoms. The van der Waals surface area contributed by atoms with Crippen molar-refractivity contribution in [3.63, 3.8) is 0 Å². The van der Waals surface area contributed by atoms with E-state index in [2.05, 4.69) is 15.2 Å². The van der Waals surface area contributed by atoms with Gasteiger partial charge in [0.15, 0.2) is 11.4 Å². The monoisotopic (exact) mass is 175 g/mol. The van der Waals surface area contributed by atoms with Gasteiger partial charge in [0.2, 0.25) is 0 Å². The Morgan fingerprint density at radius 3 is 3.00 bits per heavy atom. The molecule has 1 N–H and O–H groups in total. The fourth-order valence-corrected chi connectivity index (χ4v) is 1.28. The summed E-state index contributed by atoms with van der Waals surface area (Å²) in [5.74, 6) is -0.0429. The van der Waals surface area contributed by atoms with Gasteiger partial charge in [0.1, 0.15) is 5.69 Å². The number of aromatic nitrogens is 3. The standard InChI is InChI=1S/C9H9N3O/c1-5-3-7-8(6(2)13)11-12-9(7)10-4-5/h3-4H,1-2H3,(H,10,11,12). The van der Waals surface area contributed by atoms with Crippen LogP contribution in [-0.2, 0) is 0 Å². The normalized spacial score (nSPS) is 10.6. The van der Waals surface area contributed by atoms with E-state index >= 15 is 0 Å². The van der Waals surface area contributed by atoms with E-state index in [1.165, 1.54) is 6.92 Å². The van der Waals surface area contributed by atoms with Crippen molar-refractivity contribution in [2.75, 3.05) is 0 Å². The number of carbonyl (C=O) groups excluding carboxylic acids is 1. The largest absolute Gasteiger partial charge is 0.293 e. The van der Waals surface area contributed by atoms with Crippen molar-refractivity contribution in [2.24, 2.45) is 0 Å². The predicted octanol–water partition coefficient (Wildman–Crippen LogP) is 1.47. The zero-order valence-corrected chi connectivity index (χ0v) is 7.46. The first kappa shape index (κ1) is 7.91. The van der Waals surface area contributed by atoms with Crippen molar-refractivity contribution in [3.05, 3.63) is 23.5 Å². The van der Waals surface area contributed by atoms with Crippen LogP contribution < -0.4 is 0 Å². The van der Waals surface area contributed by atoms with Gasteiger partial charge in [-0.15, -0.1) is 0 Å². The first-order valence-corrected chi connectivity index (χ1v) is 4.00. The van der Waals surface area contributed by atoms with Crippen molar-refractivity contribution < 1.29 is 4.79 Å². The lowest BCUT2D eigenvalue weighted by Crippen LogP contribution is -1.92. The minimum absolute atomic E-state index is 0.0429. The third-order valence-corrected chi connectivity index (χ3v) is 1.89. The fourth-order valence-electron chi connectivity index (χ4n) is 1.28. The number of pyridine rings is 1. The Hall–Kier alpha value is -1.71. The number of fused-ring (bicyclic) bond motifs is 1. The van der Waals surface area contributed by atoms with Gasteiger partial charge in [-0.1, -0.05) is 0 Å². The maximum Gasteiger partial charge on any atom is 0.180 e. The average molecular weight is 175 g/mol. The topological polar surface area (TPSA) is 58.6 Å². The highest BCUT2D eigenvalue weighted by molar-refractivity contribution is 6.03. The molecule has 2 rings (SSSR count). The highest BCUT2D eigenvalue weighted by Crippen LogP contribution is 2.14. The summed E-state index contributed by atoms with van der Waals surface area (Å²) >= 11 is 0. The minimum Gasteiger partial charge on any atom is -0.293 e. The number of nitrogens with zero attached hydrogens (tertiary/aromatic N) is 2. The molecule has 0 bridgehead atoms. The van der Waals surface area contributed by atoms with E-state index in [1.54, 1.807) is 6.20 Å². The molecule has 0 unspecified atom stereocenters. The lowest BCUT2D eigenvalue weighted by molar-refractivity contribution is 0.101. The molecule has 0 saturated heterocycles. The highest BCUT2D eigenvalue weighted by atomic mass is 16.1. The number of carbonyl (C=O) groups is 1. The Balaban J connectivity index is 2.79. The summed E-state index contributed by atoms with van der Waals surface area (Å²) in [6.07, 6.45) is 1.74. The van der Waals surface area contributed by atoms with Crippen molar-refractivity contribution >= 4 is 16.8 Å². The van der Waals surface area contributed by atoms with Gasteiger partial charge < -0.3 is 0 Å². The quantitative estimate of drug-likeness (QED) is 0.667. The van der Waals surface area contributed by atoms with Gasteiger partial charge >= 0.3 is 0 Å². The van der Waals surface area contributed by atoms with Crippen LogP contribution in [0.25, 0.3) is 11.0 Å². The van der Waals surface area contributed by atoms with Gasteiger partial charge in [0, 0.05) is 13.1 Å². The lowest BCUT2D eigenvalue weighted by atomic mass is 10.2. The molecule has 0 atom stereocenters. The molecule has 0 radical (unpaired) electrons. The van der Waals surface area contributed by atoms with Gasteiger partial charge in [0.05, 0.1) is 5.39 Å². The number of ketones is 1. The molecule has 0 aliphatic rings. The molecule has 0 amide bonds. The van der Waals surface area contributed by atoms with Gasteiger partial charge in [-0.05, 0) is 18.6 Å². The molecule has 66 valence electrons.